The molecule has 6 N–H and O–H groups in total. The zero-order chi connectivity index (χ0) is 16.3. The Labute approximate surface area is 121 Å². The summed E-state index contributed by atoms with van der Waals surface area (Å²) >= 11 is 0. The topological polar surface area (TPSA) is 156 Å². The molecule has 0 saturated heterocycles. The van der Waals surface area contributed by atoms with E-state index >= 15 is 0 Å². The molecule has 0 heterocycles. The van der Waals surface area contributed by atoms with E-state index in [1.807, 2.05) is 0 Å². The van der Waals surface area contributed by atoms with Gasteiger partial charge in [-0.1, -0.05) is 25.7 Å². The quantitative estimate of drug-likeness (QED) is 0.389. The first-order valence-electron chi connectivity index (χ1n) is 6.94. The van der Waals surface area contributed by atoms with E-state index < -0.39 is 35.3 Å². The Morgan fingerprint density at radius 2 is 1.33 bits per heavy atom. The van der Waals surface area contributed by atoms with Crippen LogP contribution >= 0.6 is 0 Å². The molecule has 0 aliphatic heterocycles. The molecule has 1 saturated carbocycles. The van der Waals surface area contributed by atoms with E-state index in [1.54, 1.807) is 0 Å². The summed E-state index contributed by atoms with van der Waals surface area (Å²) in [4.78, 5) is 22.2. The van der Waals surface area contributed by atoms with Gasteiger partial charge in [0.2, 0.25) is 0 Å². The van der Waals surface area contributed by atoms with Crippen molar-refractivity contribution in [3.05, 3.63) is 0 Å². The number of carboxylic acid groups (broad SMARTS) is 2. The third-order valence-corrected chi connectivity index (χ3v) is 4.21. The Hall–Kier alpha value is -1.22. The van der Waals surface area contributed by atoms with E-state index in [-0.39, 0.29) is 12.8 Å². The zero-order valence-electron chi connectivity index (χ0n) is 11.6. The lowest BCUT2D eigenvalue weighted by molar-refractivity contribution is -0.237. The number of hydrogen-bond donors (Lipinski definition) is 6. The van der Waals surface area contributed by atoms with Crippen LogP contribution in [0.4, 0.5) is 0 Å². The predicted octanol–water partition coefficient (Wildman–Crippen LogP) is -0.916. The fourth-order valence-corrected chi connectivity index (χ4v) is 2.81. The van der Waals surface area contributed by atoms with Gasteiger partial charge in [0.1, 0.15) is 11.7 Å². The largest absolute Gasteiger partial charge is 0.479 e. The van der Waals surface area contributed by atoms with Gasteiger partial charge in [0.05, 0.1) is 0 Å². The third kappa shape index (κ3) is 3.34. The molecule has 8 heteroatoms. The number of carbonyl (C=O) groups is 2. The number of hydrogen-bond acceptors (Lipinski definition) is 6. The molecule has 4 atom stereocenters. The van der Waals surface area contributed by atoms with Crippen molar-refractivity contribution in [3.8, 4) is 0 Å². The number of aliphatic hydroxyl groups excluding tert-OH is 2. The van der Waals surface area contributed by atoms with E-state index in [4.69, 9.17) is 5.11 Å². The Morgan fingerprint density at radius 3 is 1.81 bits per heavy atom. The molecule has 0 radical (unpaired) electrons. The fraction of sp³-hybridized carbons (Fsp3) is 0.846. The van der Waals surface area contributed by atoms with Gasteiger partial charge in [-0.05, 0) is 19.3 Å². The maximum atomic E-state index is 11.4. The predicted molar refractivity (Wildman–Crippen MR) is 69.5 cm³/mol. The number of rotatable bonds is 4. The Balaban J connectivity index is 3.23. The summed E-state index contributed by atoms with van der Waals surface area (Å²) in [6.45, 7) is 0. The van der Waals surface area contributed by atoms with E-state index in [0.717, 1.165) is 6.42 Å². The summed E-state index contributed by atoms with van der Waals surface area (Å²) in [7, 11) is 0. The molecule has 0 aromatic rings. The first-order chi connectivity index (χ1) is 9.67. The van der Waals surface area contributed by atoms with Crippen LogP contribution in [0, 0.1) is 0 Å². The van der Waals surface area contributed by atoms with Crippen LogP contribution in [0.5, 0.6) is 0 Å². The Morgan fingerprint density at radius 1 is 0.857 bits per heavy atom. The van der Waals surface area contributed by atoms with Crippen LogP contribution in [-0.4, -0.2) is 66.0 Å². The molecular formula is C13H22O8. The van der Waals surface area contributed by atoms with E-state index in [0.29, 0.717) is 25.7 Å². The summed E-state index contributed by atoms with van der Waals surface area (Å²) in [5.41, 5.74) is -5.35. The highest BCUT2D eigenvalue weighted by Gasteiger charge is 2.60. The van der Waals surface area contributed by atoms with E-state index in [2.05, 4.69) is 0 Å². The highest BCUT2D eigenvalue weighted by atomic mass is 16.4. The monoisotopic (exact) mass is 306 g/mol. The minimum absolute atomic E-state index is 0.301. The number of carboxylic acids is 2. The molecule has 122 valence electrons. The van der Waals surface area contributed by atoms with E-state index in [1.165, 1.54) is 0 Å². The van der Waals surface area contributed by atoms with Crippen LogP contribution < -0.4 is 0 Å². The van der Waals surface area contributed by atoms with Gasteiger partial charge in [0.15, 0.2) is 11.7 Å². The van der Waals surface area contributed by atoms with Crippen LogP contribution in [-0.2, 0) is 9.59 Å². The van der Waals surface area contributed by atoms with Crippen LogP contribution in [0.1, 0.15) is 44.9 Å². The SMILES string of the molecule is O=C(O)C(O)C(O)C1(O)CCCCCCCC1(O)C(=O)O. The molecule has 1 fully saturated rings. The molecule has 1 aliphatic rings. The second-order valence-electron chi connectivity index (χ2n) is 5.59. The first-order valence-corrected chi connectivity index (χ1v) is 6.94. The fourth-order valence-electron chi connectivity index (χ4n) is 2.81. The van der Waals surface area contributed by atoms with Crippen molar-refractivity contribution in [1.82, 2.24) is 0 Å². The number of aliphatic carboxylic acids is 2. The maximum Gasteiger partial charge on any atom is 0.338 e. The van der Waals surface area contributed by atoms with Gasteiger partial charge in [0, 0.05) is 0 Å². The summed E-state index contributed by atoms with van der Waals surface area (Å²) in [6.07, 6.45) is -2.66. The minimum Gasteiger partial charge on any atom is -0.479 e. The van der Waals surface area contributed by atoms with Crippen molar-refractivity contribution >= 4 is 11.9 Å². The maximum absolute atomic E-state index is 11.4. The van der Waals surface area contributed by atoms with Crippen molar-refractivity contribution in [1.29, 1.82) is 0 Å². The van der Waals surface area contributed by atoms with Gasteiger partial charge in [-0.15, -0.1) is 0 Å². The van der Waals surface area contributed by atoms with Crippen molar-refractivity contribution in [3.63, 3.8) is 0 Å². The van der Waals surface area contributed by atoms with Gasteiger partial charge in [0.25, 0.3) is 0 Å². The second-order valence-corrected chi connectivity index (χ2v) is 5.59. The van der Waals surface area contributed by atoms with Crippen LogP contribution in [0.2, 0.25) is 0 Å². The normalized spacial score (nSPS) is 34.1. The lowest BCUT2D eigenvalue weighted by Gasteiger charge is -2.44. The average molecular weight is 306 g/mol. The highest BCUT2D eigenvalue weighted by molar-refractivity contribution is 5.80. The lowest BCUT2D eigenvalue weighted by Crippen LogP contribution is -2.68. The molecule has 21 heavy (non-hydrogen) atoms. The molecule has 1 aliphatic carbocycles. The summed E-state index contributed by atoms with van der Waals surface area (Å²) in [5.74, 6) is -3.55. The third-order valence-electron chi connectivity index (χ3n) is 4.21. The Kier molecular flexibility index (Phi) is 5.68. The molecule has 0 aromatic carbocycles. The molecule has 0 aromatic heterocycles. The van der Waals surface area contributed by atoms with Crippen molar-refractivity contribution in [2.45, 2.75) is 68.4 Å². The standard InChI is InChI=1S/C13H22O8/c14-8(10(16)17)9(15)12(20)6-4-2-1-3-5-7-13(12,21)11(18)19/h8-9,14-15,20-21H,1-7H2,(H,16,17)(H,18,19). The van der Waals surface area contributed by atoms with E-state index in [9.17, 15) is 35.1 Å². The zero-order valence-corrected chi connectivity index (χ0v) is 11.6. The molecule has 0 amide bonds. The van der Waals surface area contributed by atoms with Crippen LogP contribution in [0.3, 0.4) is 0 Å². The second kappa shape index (κ2) is 6.69. The highest BCUT2D eigenvalue weighted by Crippen LogP contribution is 2.38. The van der Waals surface area contributed by atoms with Crippen molar-refractivity contribution < 1.29 is 40.2 Å². The molecule has 0 spiro atoms. The molecule has 1 rings (SSSR count). The summed E-state index contributed by atoms with van der Waals surface area (Å²) in [5, 5.41) is 58.4. The van der Waals surface area contributed by atoms with Gasteiger partial charge in [-0.3, -0.25) is 0 Å². The smallest absolute Gasteiger partial charge is 0.338 e. The minimum atomic E-state index is -2.72. The van der Waals surface area contributed by atoms with Crippen LogP contribution in [0.25, 0.3) is 0 Å². The van der Waals surface area contributed by atoms with Crippen molar-refractivity contribution in [2.24, 2.45) is 0 Å². The Bertz CT molecular complexity index is 398. The lowest BCUT2D eigenvalue weighted by atomic mass is 9.71. The average Bonchev–Trinajstić information content (AvgIpc) is 2.49. The molecule has 8 nitrogen and oxygen atoms in total. The molecule has 4 unspecified atom stereocenters. The molecule has 0 bridgehead atoms. The molecular weight excluding hydrogens is 284 g/mol. The first kappa shape index (κ1) is 17.8. The summed E-state index contributed by atoms with van der Waals surface area (Å²) < 4.78 is 0. The van der Waals surface area contributed by atoms with Crippen LogP contribution in [0.15, 0.2) is 0 Å². The van der Waals surface area contributed by atoms with Crippen molar-refractivity contribution in [2.75, 3.05) is 0 Å². The van der Waals surface area contributed by atoms with Gasteiger partial charge >= 0.3 is 11.9 Å². The van der Waals surface area contributed by atoms with Gasteiger partial charge in [-0.25, -0.2) is 9.59 Å². The summed E-state index contributed by atoms with van der Waals surface area (Å²) in [6, 6.07) is 0. The van der Waals surface area contributed by atoms with Gasteiger partial charge < -0.3 is 30.6 Å². The van der Waals surface area contributed by atoms with Gasteiger partial charge in [-0.2, -0.15) is 0 Å². The number of aliphatic hydroxyl groups is 4.